The highest BCUT2D eigenvalue weighted by molar-refractivity contribution is 5.94. The van der Waals surface area contributed by atoms with Crippen LogP contribution in [0.1, 0.15) is 11.1 Å². The zero-order valence-electron chi connectivity index (χ0n) is 18.1. The number of methoxy groups -OCH3 is 2. The molecule has 3 atom stereocenters. The number of nitrogens with zero attached hydrogens (tertiary/aromatic N) is 1. The van der Waals surface area contributed by atoms with E-state index in [9.17, 15) is 19.5 Å². The number of likely N-dealkylation sites (tertiary alicyclic amines) is 1. The molecule has 2 aliphatic rings. The molecule has 2 fully saturated rings. The Morgan fingerprint density at radius 3 is 2.45 bits per heavy atom. The molecule has 174 valence electrons. The van der Waals surface area contributed by atoms with Crippen molar-refractivity contribution < 1.29 is 38.4 Å². The summed E-state index contributed by atoms with van der Waals surface area (Å²) in [6, 6.07) is 13.4. The molecule has 0 aliphatic carbocycles. The molecule has 0 aromatic heterocycles. The summed E-state index contributed by atoms with van der Waals surface area (Å²) in [5.41, 5.74) is 0.399. The first-order valence-corrected chi connectivity index (χ1v) is 10.3. The Morgan fingerprint density at radius 2 is 1.85 bits per heavy atom. The Morgan fingerprint density at radius 1 is 1.12 bits per heavy atom. The molecular weight excluding hydrogens is 432 g/mol. The Labute approximate surface area is 190 Å². The lowest BCUT2D eigenvalue weighted by Crippen LogP contribution is -2.83. The van der Waals surface area contributed by atoms with E-state index >= 15 is 0 Å². The van der Waals surface area contributed by atoms with Crippen LogP contribution in [0.3, 0.4) is 0 Å². The number of nitrogens with one attached hydrogen (secondary N) is 1. The maximum atomic E-state index is 13.2. The van der Waals surface area contributed by atoms with Crippen molar-refractivity contribution >= 4 is 18.2 Å². The first-order valence-electron chi connectivity index (χ1n) is 10.3. The van der Waals surface area contributed by atoms with Crippen LogP contribution >= 0.6 is 0 Å². The second-order valence-corrected chi connectivity index (χ2v) is 7.82. The van der Waals surface area contributed by atoms with Gasteiger partial charge in [0.25, 0.3) is 0 Å². The van der Waals surface area contributed by atoms with Gasteiger partial charge in [-0.2, -0.15) is 0 Å². The van der Waals surface area contributed by atoms with E-state index in [1.54, 1.807) is 18.2 Å². The Kier molecular flexibility index (Phi) is 5.99. The number of cyclic esters (lactones) is 2. The molecule has 0 bridgehead atoms. The zero-order chi connectivity index (χ0) is 23.6. The van der Waals surface area contributed by atoms with E-state index in [-0.39, 0.29) is 19.6 Å². The molecule has 10 nitrogen and oxygen atoms in total. The molecule has 2 aromatic carbocycles. The average molecular weight is 456 g/mol. The lowest BCUT2D eigenvalue weighted by molar-refractivity contribution is -0.177. The van der Waals surface area contributed by atoms with Crippen LogP contribution in [0.5, 0.6) is 11.5 Å². The van der Waals surface area contributed by atoms with Gasteiger partial charge in [0.05, 0.1) is 14.2 Å². The number of carbonyl (C=O) groups excluding carboxylic acids is 2. The SMILES string of the molecule is COc1ccc(CN2C(=O)[C@@H](NC(=O)O)[C@@]2(Cc2ccccc2)[C@@H]2COC(=O)O2)cc1OC. The molecule has 2 heterocycles. The maximum absolute atomic E-state index is 13.2. The molecular formula is C23H24N2O8. The van der Waals surface area contributed by atoms with Crippen molar-refractivity contribution in [1.82, 2.24) is 10.2 Å². The van der Waals surface area contributed by atoms with Gasteiger partial charge in [0, 0.05) is 13.0 Å². The summed E-state index contributed by atoms with van der Waals surface area (Å²) >= 11 is 0. The number of benzene rings is 2. The third kappa shape index (κ3) is 3.99. The fourth-order valence-electron chi connectivity index (χ4n) is 4.53. The van der Waals surface area contributed by atoms with Crippen molar-refractivity contribution in [3.63, 3.8) is 0 Å². The van der Waals surface area contributed by atoms with Crippen molar-refractivity contribution in [2.45, 2.75) is 30.7 Å². The van der Waals surface area contributed by atoms with E-state index in [4.69, 9.17) is 18.9 Å². The number of carboxylic acid groups (broad SMARTS) is 1. The van der Waals surface area contributed by atoms with E-state index in [2.05, 4.69) is 5.32 Å². The van der Waals surface area contributed by atoms with Gasteiger partial charge in [-0.1, -0.05) is 36.4 Å². The van der Waals surface area contributed by atoms with Crippen molar-refractivity contribution in [1.29, 1.82) is 0 Å². The van der Waals surface area contributed by atoms with Crippen molar-refractivity contribution in [2.75, 3.05) is 20.8 Å². The van der Waals surface area contributed by atoms with E-state index in [0.29, 0.717) is 11.5 Å². The summed E-state index contributed by atoms with van der Waals surface area (Å²) in [4.78, 5) is 38.1. The standard InChI is InChI=1S/C23H24N2O8/c1-30-16-9-8-15(10-17(16)31-2)12-25-20(26)19(24-21(27)28)23(25,18-13-32-22(29)33-18)11-14-6-4-3-5-7-14/h3-10,18-19,24H,11-13H2,1-2H3,(H,27,28)/t18-,19+,23+/m0/s1. The predicted molar refractivity (Wildman–Crippen MR) is 114 cm³/mol. The molecule has 10 heteroatoms. The van der Waals surface area contributed by atoms with Gasteiger partial charge >= 0.3 is 12.2 Å². The minimum atomic E-state index is -1.35. The Hall–Kier alpha value is -3.95. The molecule has 2 saturated heterocycles. The lowest BCUT2D eigenvalue weighted by Gasteiger charge is -2.58. The van der Waals surface area contributed by atoms with E-state index < -0.39 is 35.8 Å². The molecule has 33 heavy (non-hydrogen) atoms. The van der Waals surface area contributed by atoms with Crippen LogP contribution in [-0.4, -0.2) is 66.7 Å². The lowest BCUT2D eigenvalue weighted by atomic mass is 9.70. The summed E-state index contributed by atoms with van der Waals surface area (Å²) < 4.78 is 21.1. The molecule has 0 unspecified atom stereocenters. The molecule has 0 radical (unpaired) electrons. The molecule has 2 amide bonds. The number of β-lactam (4-membered cyclic amide) rings is 1. The zero-order valence-corrected chi connectivity index (χ0v) is 18.1. The van der Waals surface area contributed by atoms with Gasteiger partial charge in [0.1, 0.15) is 18.2 Å². The minimum Gasteiger partial charge on any atom is -0.493 e. The van der Waals surface area contributed by atoms with E-state index in [1.807, 2.05) is 30.3 Å². The van der Waals surface area contributed by atoms with Crippen LogP contribution in [0.4, 0.5) is 9.59 Å². The third-order valence-corrected chi connectivity index (χ3v) is 6.05. The first kappa shape index (κ1) is 22.3. The number of rotatable bonds is 8. The minimum absolute atomic E-state index is 0.0980. The molecule has 2 aliphatic heterocycles. The quantitative estimate of drug-likeness (QED) is 0.458. The number of carbonyl (C=O) groups is 3. The summed E-state index contributed by atoms with van der Waals surface area (Å²) in [5.74, 6) is 0.605. The Bertz CT molecular complexity index is 1060. The van der Waals surface area contributed by atoms with E-state index in [0.717, 1.165) is 11.1 Å². The third-order valence-electron chi connectivity index (χ3n) is 6.05. The fourth-order valence-corrected chi connectivity index (χ4v) is 4.53. The van der Waals surface area contributed by atoms with Crippen LogP contribution in [-0.2, 0) is 27.2 Å². The number of ether oxygens (including phenoxy) is 4. The largest absolute Gasteiger partial charge is 0.508 e. The topological polar surface area (TPSA) is 124 Å². The second kappa shape index (κ2) is 8.89. The van der Waals surface area contributed by atoms with Gasteiger partial charge in [-0.15, -0.1) is 0 Å². The predicted octanol–water partition coefficient (Wildman–Crippen LogP) is 2.20. The fraction of sp³-hybridized carbons (Fsp3) is 0.348. The normalized spacial score (nSPS) is 23.9. The van der Waals surface area contributed by atoms with Crippen molar-refractivity contribution in [3.8, 4) is 11.5 Å². The molecule has 0 spiro atoms. The van der Waals surface area contributed by atoms with Gasteiger partial charge in [-0.05, 0) is 23.3 Å². The highest BCUT2D eigenvalue weighted by Crippen LogP contribution is 2.43. The van der Waals surface area contributed by atoms with Gasteiger partial charge in [-0.25, -0.2) is 9.59 Å². The molecule has 2 N–H and O–H groups in total. The highest BCUT2D eigenvalue weighted by atomic mass is 16.8. The van der Waals surface area contributed by atoms with Crippen LogP contribution in [0.2, 0.25) is 0 Å². The average Bonchev–Trinajstić information content (AvgIpc) is 3.26. The van der Waals surface area contributed by atoms with Crippen LogP contribution < -0.4 is 14.8 Å². The monoisotopic (exact) mass is 456 g/mol. The van der Waals surface area contributed by atoms with Crippen LogP contribution in [0.25, 0.3) is 0 Å². The number of amides is 2. The second-order valence-electron chi connectivity index (χ2n) is 7.82. The van der Waals surface area contributed by atoms with Crippen molar-refractivity contribution in [2.24, 2.45) is 0 Å². The van der Waals surface area contributed by atoms with Gasteiger partial charge in [0.2, 0.25) is 5.91 Å². The smallest absolute Gasteiger partial charge is 0.493 e. The van der Waals surface area contributed by atoms with Gasteiger partial charge in [-0.3, -0.25) is 4.79 Å². The Balaban J connectivity index is 1.75. The number of hydrogen-bond acceptors (Lipinski definition) is 7. The highest BCUT2D eigenvalue weighted by Gasteiger charge is 2.67. The molecule has 4 rings (SSSR count). The van der Waals surface area contributed by atoms with Crippen LogP contribution in [0, 0.1) is 0 Å². The van der Waals surface area contributed by atoms with E-state index in [1.165, 1.54) is 19.1 Å². The van der Waals surface area contributed by atoms with Gasteiger partial charge < -0.3 is 34.3 Å². The summed E-state index contributed by atoms with van der Waals surface area (Å²) in [7, 11) is 3.04. The summed E-state index contributed by atoms with van der Waals surface area (Å²) in [6.07, 6.45) is -2.81. The first-order chi connectivity index (χ1) is 15.9. The number of hydrogen-bond donors (Lipinski definition) is 2. The molecule has 0 saturated carbocycles. The van der Waals surface area contributed by atoms with Crippen molar-refractivity contribution in [3.05, 3.63) is 59.7 Å². The summed E-state index contributed by atoms with van der Waals surface area (Å²) in [5, 5.41) is 11.7. The van der Waals surface area contributed by atoms with Crippen LogP contribution in [0.15, 0.2) is 48.5 Å². The summed E-state index contributed by atoms with van der Waals surface area (Å²) in [6.45, 7) is 0.0387. The van der Waals surface area contributed by atoms with Gasteiger partial charge in [0.15, 0.2) is 17.6 Å². The molecule has 2 aromatic rings. The maximum Gasteiger partial charge on any atom is 0.508 e.